The molecule has 1 aromatic rings. The van der Waals surface area contributed by atoms with Crippen LogP contribution in [0, 0.1) is 0 Å². The van der Waals surface area contributed by atoms with Crippen LogP contribution < -0.4 is 16.4 Å². The van der Waals surface area contributed by atoms with Crippen LogP contribution in [0.2, 0.25) is 5.02 Å². The summed E-state index contributed by atoms with van der Waals surface area (Å²) in [6, 6.07) is 4.93. The second-order valence-electron chi connectivity index (χ2n) is 5.17. The van der Waals surface area contributed by atoms with Gasteiger partial charge in [-0.3, -0.25) is 14.5 Å². The first-order chi connectivity index (χ1) is 9.77. The summed E-state index contributed by atoms with van der Waals surface area (Å²) in [7, 11) is 1.70. The van der Waals surface area contributed by atoms with Gasteiger partial charge in [0, 0.05) is 11.1 Å². The van der Waals surface area contributed by atoms with Crippen molar-refractivity contribution in [3.05, 3.63) is 23.2 Å². The molecule has 116 valence electrons. The van der Waals surface area contributed by atoms with Gasteiger partial charge >= 0.3 is 0 Å². The Hall–Kier alpha value is -1.79. The van der Waals surface area contributed by atoms with Crippen molar-refractivity contribution in [1.82, 2.24) is 10.2 Å². The second-order valence-corrected chi connectivity index (χ2v) is 5.61. The van der Waals surface area contributed by atoms with Gasteiger partial charge in [-0.2, -0.15) is 0 Å². The highest BCUT2D eigenvalue weighted by Gasteiger charge is 2.12. The topological polar surface area (TPSA) is 87.5 Å². The van der Waals surface area contributed by atoms with Gasteiger partial charge in [0.05, 0.1) is 24.5 Å². The molecule has 0 atom stereocenters. The van der Waals surface area contributed by atoms with E-state index in [1.807, 2.05) is 13.8 Å². The number of halogens is 1. The Kier molecular flexibility index (Phi) is 6.45. The minimum absolute atomic E-state index is 0.0774. The van der Waals surface area contributed by atoms with E-state index in [9.17, 15) is 9.59 Å². The summed E-state index contributed by atoms with van der Waals surface area (Å²) < 4.78 is 0. The molecule has 0 heterocycles. The summed E-state index contributed by atoms with van der Waals surface area (Å²) in [5.41, 5.74) is 6.66. The van der Waals surface area contributed by atoms with Crippen molar-refractivity contribution in [2.24, 2.45) is 0 Å². The van der Waals surface area contributed by atoms with Crippen molar-refractivity contribution in [1.29, 1.82) is 0 Å². The number of rotatable bonds is 6. The Labute approximate surface area is 129 Å². The van der Waals surface area contributed by atoms with E-state index in [-0.39, 0.29) is 30.9 Å². The molecule has 6 nitrogen and oxygen atoms in total. The fraction of sp³-hybridized carbons (Fsp3) is 0.429. The molecule has 0 saturated heterocycles. The van der Waals surface area contributed by atoms with E-state index < -0.39 is 0 Å². The number of carbonyl (C=O) groups is 2. The van der Waals surface area contributed by atoms with Crippen LogP contribution in [0.1, 0.15) is 13.8 Å². The lowest BCUT2D eigenvalue weighted by Gasteiger charge is -2.17. The first-order valence-corrected chi connectivity index (χ1v) is 6.98. The molecule has 0 fully saturated rings. The van der Waals surface area contributed by atoms with E-state index in [0.29, 0.717) is 16.4 Å². The predicted molar refractivity (Wildman–Crippen MR) is 85.3 cm³/mol. The minimum atomic E-state index is -0.246. The maximum absolute atomic E-state index is 11.9. The van der Waals surface area contributed by atoms with E-state index in [2.05, 4.69) is 10.6 Å². The molecule has 21 heavy (non-hydrogen) atoms. The number of nitrogen functional groups attached to an aromatic ring is 1. The van der Waals surface area contributed by atoms with Crippen molar-refractivity contribution in [3.63, 3.8) is 0 Å². The Balaban J connectivity index is 2.47. The lowest BCUT2D eigenvalue weighted by molar-refractivity contribution is -0.123. The number of benzene rings is 1. The zero-order valence-corrected chi connectivity index (χ0v) is 13.2. The van der Waals surface area contributed by atoms with Crippen LogP contribution in [0.5, 0.6) is 0 Å². The van der Waals surface area contributed by atoms with Gasteiger partial charge in [0.25, 0.3) is 0 Å². The summed E-state index contributed by atoms with van der Waals surface area (Å²) in [4.78, 5) is 25.1. The van der Waals surface area contributed by atoms with Gasteiger partial charge in [-0.15, -0.1) is 0 Å². The fourth-order valence-electron chi connectivity index (χ4n) is 1.75. The number of amides is 2. The lowest BCUT2D eigenvalue weighted by Crippen LogP contribution is -2.41. The van der Waals surface area contributed by atoms with Gasteiger partial charge in [-0.25, -0.2) is 0 Å². The normalized spacial score (nSPS) is 10.8. The summed E-state index contributed by atoms with van der Waals surface area (Å²) in [6.45, 7) is 4.01. The Morgan fingerprint density at radius 1 is 1.29 bits per heavy atom. The number of likely N-dealkylation sites (N-methyl/N-ethyl adjacent to an activating group) is 1. The van der Waals surface area contributed by atoms with Crippen molar-refractivity contribution in [2.75, 3.05) is 31.2 Å². The number of hydrogen-bond donors (Lipinski definition) is 3. The van der Waals surface area contributed by atoms with Gasteiger partial charge in [-0.1, -0.05) is 11.6 Å². The monoisotopic (exact) mass is 312 g/mol. The second kappa shape index (κ2) is 7.85. The molecule has 0 spiro atoms. The van der Waals surface area contributed by atoms with Crippen LogP contribution >= 0.6 is 11.6 Å². The first kappa shape index (κ1) is 17.3. The third-order valence-electron chi connectivity index (χ3n) is 2.56. The molecule has 0 aromatic heterocycles. The van der Waals surface area contributed by atoms with E-state index in [4.69, 9.17) is 17.3 Å². The molecule has 0 unspecified atom stereocenters. The maximum Gasteiger partial charge on any atom is 0.238 e. The predicted octanol–water partition coefficient (Wildman–Crippen LogP) is 1.32. The SMILES string of the molecule is CC(C)NC(=O)CN(C)CC(=O)Nc1ccc(Cl)cc1N. The molecule has 2 amide bonds. The standard InChI is InChI=1S/C14H21ClN4O2/c1-9(2)17-13(20)7-19(3)8-14(21)18-12-5-4-10(15)6-11(12)16/h4-6,9H,7-8,16H2,1-3H3,(H,17,20)(H,18,21). The van der Waals surface area contributed by atoms with E-state index in [1.54, 1.807) is 30.1 Å². The molecule has 1 aromatic carbocycles. The molecule has 1 rings (SSSR count). The van der Waals surface area contributed by atoms with Crippen molar-refractivity contribution >= 4 is 34.8 Å². The van der Waals surface area contributed by atoms with Gasteiger partial charge in [0.2, 0.25) is 11.8 Å². The van der Waals surface area contributed by atoms with Gasteiger partial charge < -0.3 is 16.4 Å². The third-order valence-corrected chi connectivity index (χ3v) is 2.80. The van der Waals surface area contributed by atoms with Crippen LogP contribution in [-0.2, 0) is 9.59 Å². The summed E-state index contributed by atoms with van der Waals surface area (Å²) in [5, 5.41) is 5.96. The number of carbonyl (C=O) groups excluding carboxylic acids is 2. The van der Waals surface area contributed by atoms with Gasteiger partial charge in [0.1, 0.15) is 0 Å². The summed E-state index contributed by atoms with van der Waals surface area (Å²) >= 11 is 5.79. The van der Waals surface area contributed by atoms with E-state index >= 15 is 0 Å². The molecule has 0 aliphatic rings. The maximum atomic E-state index is 11.9. The third kappa shape index (κ3) is 6.46. The van der Waals surface area contributed by atoms with Crippen molar-refractivity contribution < 1.29 is 9.59 Å². The van der Waals surface area contributed by atoms with Crippen LogP contribution in [0.4, 0.5) is 11.4 Å². The molecule has 0 saturated carbocycles. The average Bonchev–Trinajstić information content (AvgIpc) is 2.31. The number of nitrogens with two attached hydrogens (primary N) is 1. The van der Waals surface area contributed by atoms with Crippen molar-refractivity contribution in [3.8, 4) is 0 Å². The Morgan fingerprint density at radius 2 is 1.90 bits per heavy atom. The largest absolute Gasteiger partial charge is 0.397 e. The molecular formula is C14H21ClN4O2. The van der Waals surface area contributed by atoms with E-state index in [0.717, 1.165) is 0 Å². The number of nitrogens with zero attached hydrogens (tertiary/aromatic N) is 1. The molecule has 0 aliphatic heterocycles. The smallest absolute Gasteiger partial charge is 0.238 e. The molecule has 0 bridgehead atoms. The van der Waals surface area contributed by atoms with Crippen LogP contribution in [0.25, 0.3) is 0 Å². The first-order valence-electron chi connectivity index (χ1n) is 6.60. The molecule has 7 heteroatoms. The van der Waals surface area contributed by atoms with E-state index in [1.165, 1.54) is 0 Å². The lowest BCUT2D eigenvalue weighted by atomic mass is 10.2. The zero-order chi connectivity index (χ0) is 16.0. The molecule has 4 N–H and O–H groups in total. The highest BCUT2D eigenvalue weighted by Crippen LogP contribution is 2.22. The molecule has 0 aliphatic carbocycles. The van der Waals surface area contributed by atoms with Gasteiger partial charge in [0.15, 0.2) is 0 Å². The number of anilines is 2. The summed E-state index contributed by atoms with van der Waals surface area (Å²) in [6.07, 6.45) is 0. The van der Waals surface area contributed by atoms with Crippen molar-refractivity contribution in [2.45, 2.75) is 19.9 Å². The zero-order valence-electron chi connectivity index (χ0n) is 12.4. The van der Waals surface area contributed by atoms with Crippen LogP contribution in [0.3, 0.4) is 0 Å². The number of nitrogens with one attached hydrogen (secondary N) is 2. The highest BCUT2D eigenvalue weighted by atomic mass is 35.5. The van der Waals surface area contributed by atoms with Gasteiger partial charge in [-0.05, 0) is 39.1 Å². The van der Waals surface area contributed by atoms with Crippen LogP contribution in [0.15, 0.2) is 18.2 Å². The Bertz CT molecular complexity index is 520. The average molecular weight is 313 g/mol. The van der Waals surface area contributed by atoms with Crippen LogP contribution in [-0.4, -0.2) is 42.9 Å². The highest BCUT2D eigenvalue weighted by molar-refractivity contribution is 6.31. The number of hydrogen-bond acceptors (Lipinski definition) is 4. The quantitative estimate of drug-likeness (QED) is 0.691. The minimum Gasteiger partial charge on any atom is -0.397 e. The fourth-order valence-corrected chi connectivity index (χ4v) is 1.93. The molecular weight excluding hydrogens is 292 g/mol. The Morgan fingerprint density at radius 3 is 2.48 bits per heavy atom. The summed E-state index contributed by atoms with van der Waals surface area (Å²) in [5.74, 6) is -0.366. The molecule has 0 radical (unpaired) electrons.